The molecular formula is C34H54N2O8. The molecule has 0 aromatic heterocycles. The molecule has 0 bridgehead atoms. The van der Waals surface area contributed by atoms with Crippen molar-refractivity contribution in [3.8, 4) is 0 Å². The lowest BCUT2D eigenvalue weighted by atomic mass is 9.63. The zero-order valence-corrected chi connectivity index (χ0v) is 26.9. The summed E-state index contributed by atoms with van der Waals surface area (Å²) in [5.41, 5.74) is 2.03. The van der Waals surface area contributed by atoms with Gasteiger partial charge < -0.3 is 41.2 Å². The van der Waals surface area contributed by atoms with E-state index in [2.05, 4.69) is 36.0 Å². The van der Waals surface area contributed by atoms with Crippen molar-refractivity contribution in [3.05, 3.63) is 46.0 Å². The molecule has 0 amide bonds. The molecule has 4 aliphatic carbocycles. The van der Waals surface area contributed by atoms with Gasteiger partial charge in [-0.2, -0.15) is 0 Å². The molecule has 6 rings (SSSR count). The van der Waals surface area contributed by atoms with Crippen molar-refractivity contribution < 1.29 is 41.0 Å². The van der Waals surface area contributed by atoms with Crippen LogP contribution in [-0.2, 0) is 9.59 Å². The smallest absolute Gasteiger partial charge is 0.207 e. The van der Waals surface area contributed by atoms with Crippen molar-refractivity contribution in [2.45, 2.75) is 90.3 Å². The molecule has 0 unspecified atom stereocenters. The van der Waals surface area contributed by atoms with E-state index in [-0.39, 0.29) is 45.9 Å². The fraction of sp³-hybridized carbons (Fsp3) is 0.706. The quantitative estimate of drug-likeness (QED) is 0.299. The lowest BCUT2D eigenvalue weighted by Gasteiger charge is -2.39. The van der Waals surface area contributed by atoms with E-state index < -0.39 is 23.0 Å². The maximum Gasteiger partial charge on any atom is 0.207 e. The summed E-state index contributed by atoms with van der Waals surface area (Å²) >= 11 is 0. The molecule has 248 valence electrons. The summed E-state index contributed by atoms with van der Waals surface area (Å²) < 4.78 is 0. The third-order valence-electron chi connectivity index (χ3n) is 11.3. The lowest BCUT2D eigenvalue weighted by Crippen LogP contribution is -2.41. The van der Waals surface area contributed by atoms with Crippen molar-refractivity contribution in [1.82, 2.24) is 9.80 Å². The van der Waals surface area contributed by atoms with Crippen LogP contribution in [0.15, 0.2) is 46.0 Å². The van der Waals surface area contributed by atoms with Gasteiger partial charge in [-0.3, -0.25) is 9.59 Å². The summed E-state index contributed by atoms with van der Waals surface area (Å²) in [6, 6.07) is 0. The summed E-state index contributed by atoms with van der Waals surface area (Å²) in [6.07, 6.45) is 10.9. The Morgan fingerprint density at radius 3 is 1.41 bits per heavy atom. The van der Waals surface area contributed by atoms with Crippen molar-refractivity contribution >= 4 is 11.6 Å². The predicted octanol–water partition coefficient (Wildman–Crippen LogP) is 2.75. The standard InChI is InChI=1S/2C17H25NO3.2H2O/c2*1-11-9-12-10-14(19)13-5-3-7-18(2)8-4-6-17(12,13)16(21)15(11)20;;/h2*5,12,14,19-20H,3-4,6-10H2,1-2H3;2*1H2/b2*13-5-;;/t2*12-,14-,17-;;/m00../s1. The van der Waals surface area contributed by atoms with Gasteiger partial charge in [-0.1, -0.05) is 12.2 Å². The first-order chi connectivity index (χ1) is 19.9. The number of rotatable bonds is 0. The SMILES string of the molecule is CC1=C(O)C(=O)[C@]23CCCN(C)CC/C=C\2[C@@H](O)C[C@@H]3C1.CC1=C(O)C(=O)[C@]23CCCN(C)CC/C=C\2[C@@H](O)C[C@@H]3C1.O.O. The van der Waals surface area contributed by atoms with E-state index >= 15 is 0 Å². The average molecular weight is 619 g/mol. The van der Waals surface area contributed by atoms with Gasteiger partial charge in [0.2, 0.25) is 11.6 Å². The first-order valence-corrected chi connectivity index (χ1v) is 15.9. The highest BCUT2D eigenvalue weighted by Crippen LogP contribution is 2.58. The predicted molar refractivity (Wildman–Crippen MR) is 169 cm³/mol. The van der Waals surface area contributed by atoms with Gasteiger partial charge in [0, 0.05) is 13.1 Å². The first-order valence-electron chi connectivity index (χ1n) is 15.9. The van der Waals surface area contributed by atoms with Crippen LogP contribution in [0.4, 0.5) is 0 Å². The highest BCUT2D eigenvalue weighted by Gasteiger charge is 2.59. The molecule has 44 heavy (non-hydrogen) atoms. The van der Waals surface area contributed by atoms with Crippen LogP contribution in [0.2, 0.25) is 0 Å². The molecule has 2 spiro atoms. The summed E-state index contributed by atoms with van der Waals surface area (Å²) in [4.78, 5) is 30.3. The molecule has 2 saturated carbocycles. The van der Waals surface area contributed by atoms with Gasteiger partial charge in [0.25, 0.3) is 0 Å². The fourth-order valence-corrected chi connectivity index (χ4v) is 9.07. The molecule has 6 atom stereocenters. The van der Waals surface area contributed by atoms with Gasteiger partial charge in [-0.05, 0) is 139 Å². The lowest BCUT2D eigenvalue weighted by molar-refractivity contribution is -0.129. The number of hydrogen-bond acceptors (Lipinski definition) is 8. The van der Waals surface area contributed by atoms with Crippen LogP contribution in [0.1, 0.15) is 78.1 Å². The number of allylic oxidation sites excluding steroid dienone is 4. The van der Waals surface area contributed by atoms with Crippen molar-refractivity contribution in [2.24, 2.45) is 22.7 Å². The number of nitrogens with zero attached hydrogens (tertiary/aromatic N) is 2. The molecule has 0 aromatic carbocycles. The third kappa shape index (κ3) is 5.97. The monoisotopic (exact) mass is 618 g/mol. The average Bonchev–Trinajstić information content (AvgIpc) is 3.42. The number of aliphatic hydroxyl groups excluding tert-OH is 4. The number of hydrogen-bond donors (Lipinski definition) is 4. The zero-order chi connectivity index (χ0) is 30.4. The van der Waals surface area contributed by atoms with Crippen LogP contribution in [0, 0.1) is 22.7 Å². The summed E-state index contributed by atoms with van der Waals surface area (Å²) in [5.74, 6) is -0.124. The second-order valence-corrected chi connectivity index (χ2v) is 13.9. The fourth-order valence-electron chi connectivity index (χ4n) is 9.07. The second-order valence-electron chi connectivity index (χ2n) is 13.9. The van der Waals surface area contributed by atoms with E-state index in [4.69, 9.17) is 0 Å². The summed E-state index contributed by atoms with van der Waals surface area (Å²) in [5, 5.41) is 41.4. The Morgan fingerprint density at radius 2 is 1.05 bits per heavy atom. The Hall–Kier alpha value is -2.34. The van der Waals surface area contributed by atoms with Crippen LogP contribution in [0.3, 0.4) is 0 Å². The molecule has 8 N–H and O–H groups in total. The molecule has 0 saturated heterocycles. The number of Topliss-reactive ketones (excluding diaryl/α,β-unsaturated/α-hetero) is 2. The zero-order valence-electron chi connectivity index (χ0n) is 26.9. The van der Waals surface area contributed by atoms with Gasteiger partial charge in [0.15, 0.2) is 11.5 Å². The molecule has 2 fully saturated rings. The highest BCUT2D eigenvalue weighted by molar-refractivity contribution is 6.03. The summed E-state index contributed by atoms with van der Waals surface area (Å²) in [6.45, 7) is 7.48. The second kappa shape index (κ2) is 14.0. The van der Waals surface area contributed by atoms with Crippen LogP contribution in [0.25, 0.3) is 0 Å². The third-order valence-corrected chi connectivity index (χ3v) is 11.3. The Balaban J connectivity index is 0.000000230. The van der Waals surface area contributed by atoms with Crippen molar-refractivity contribution in [2.75, 3.05) is 40.3 Å². The molecule has 2 aliphatic heterocycles. The van der Waals surface area contributed by atoms with E-state index in [1.165, 1.54) is 0 Å². The Labute approximate surface area is 261 Å². The van der Waals surface area contributed by atoms with Gasteiger partial charge in [-0.25, -0.2) is 0 Å². The molecule has 0 radical (unpaired) electrons. The molecule has 10 heteroatoms. The largest absolute Gasteiger partial charge is 0.504 e. The van der Waals surface area contributed by atoms with Crippen LogP contribution >= 0.6 is 0 Å². The first kappa shape index (κ1) is 36.1. The number of carbonyl (C=O) groups is 2. The van der Waals surface area contributed by atoms with Crippen LogP contribution in [-0.4, -0.2) is 105 Å². The normalized spacial score (nSPS) is 38.9. The van der Waals surface area contributed by atoms with Gasteiger partial charge in [0.05, 0.1) is 23.0 Å². The van der Waals surface area contributed by atoms with Crippen molar-refractivity contribution in [3.63, 3.8) is 0 Å². The molecule has 2 heterocycles. The molecule has 10 nitrogen and oxygen atoms in total. The highest BCUT2D eigenvalue weighted by atomic mass is 16.3. The number of ketones is 2. The van der Waals surface area contributed by atoms with E-state index in [0.29, 0.717) is 12.8 Å². The minimum absolute atomic E-state index is 0. The van der Waals surface area contributed by atoms with E-state index in [1.807, 2.05) is 13.8 Å². The maximum absolute atomic E-state index is 12.9. The van der Waals surface area contributed by atoms with Gasteiger partial charge in [-0.15, -0.1) is 0 Å². The van der Waals surface area contributed by atoms with E-state index in [9.17, 15) is 30.0 Å². The van der Waals surface area contributed by atoms with E-state index in [0.717, 1.165) is 99.8 Å². The Kier molecular flexibility index (Phi) is 11.5. The van der Waals surface area contributed by atoms with Crippen LogP contribution in [0.5, 0.6) is 0 Å². The Bertz CT molecular complexity index is 1140. The minimum Gasteiger partial charge on any atom is -0.504 e. The minimum atomic E-state index is -0.645. The molecular weight excluding hydrogens is 564 g/mol. The Morgan fingerprint density at radius 1 is 0.682 bits per heavy atom. The van der Waals surface area contributed by atoms with Gasteiger partial charge in [0.1, 0.15) is 0 Å². The van der Waals surface area contributed by atoms with Crippen molar-refractivity contribution in [1.29, 1.82) is 0 Å². The number of aliphatic hydroxyl groups is 4. The molecule has 6 aliphatic rings. The maximum atomic E-state index is 12.9. The van der Waals surface area contributed by atoms with Crippen LogP contribution < -0.4 is 0 Å². The topological polar surface area (TPSA) is 185 Å². The van der Waals surface area contributed by atoms with Gasteiger partial charge >= 0.3 is 0 Å². The molecule has 0 aromatic rings. The summed E-state index contributed by atoms with van der Waals surface area (Å²) in [7, 11) is 4.19. The van der Waals surface area contributed by atoms with E-state index in [1.54, 1.807) is 0 Å². The number of carbonyl (C=O) groups excluding carboxylic acids is 2.